The lowest BCUT2D eigenvalue weighted by atomic mass is 10.1. The van der Waals surface area contributed by atoms with E-state index in [2.05, 4.69) is 18.1 Å². The molecule has 0 aliphatic heterocycles. The molecule has 4 nitrogen and oxygen atoms in total. The molecule has 2 heterocycles. The number of nitrogen functional groups attached to an aromatic ring is 1. The van der Waals surface area contributed by atoms with Crippen LogP contribution in [0.5, 0.6) is 5.88 Å². The smallest absolute Gasteiger partial charge is 0.257 e. The topological polar surface area (TPSA) is 52.5 Å². The highest BCUT2D eigenvalue weighted by atomic mass is 16.5. The van der Waals surface area contributed by atoms with Crippen molar-refractivity contribution in [2.45, 2.75) is 27.2 Å². The quantitative estimate of drug-likeness (QED) is 0.860. The summed E-state index contributed by atoms with van der Waals surface area (Å²) in [6, 6.07) is 4.15. The summed E-state index contributed by atoms with van der Waals surface area (Å²) in [4.78, 5) is 0. The molecule has 2 N–H and O–H groups in total. The van der Waals surface area contributed by atoms with Crippen molar-refractivity contribution in [1.82, 2.24) is 9.61 Å². The average Bonchev–Trinajstić information content (AvgIpc) is 2.60. The van der Waals surface area contributed by atoms with Gasteiger partial charge in [0.15, 0.2) is 0 Å². The number of rotatable bonds is 3. The Bertz CT molecular complexity index is 516. The molecule has 0 aliphatic carbocycles. The molecule has 0 aromatic carbocycles. The maximum Gasteiger partial charge on any atom is 0.257 e. The van der Waals surface area contributed by atoms with Crippen LogP contribution in [0.15, 0.2) is 12.1 Å². The molecule has 0 bridgehead atoms. The fraction of sp³-hybridized carbons (Fsp3) is 0.417. The van der Waals surface area contributed by atoms with Gasteiger partial charge in [0.2, 0.25) is 0 Å². The number of nitrogens with two attached hydrogens (primary N) is 1. The third kappa shape index (κ3) is 1.50. The van der Waals surface area contributed by atoms with Crippen molar-refractivity contribution in [1.29, 1.82) is 0 Å². The number of aryl methyl sites for hydroxylation is 2. The van der Waals surface area contributed by atoms with Crippen molar-refractivity contribution in [3.63, 3.8) is 0 Å². The fourth-order valence-electron chi connectivity index (χ4n) is 1.87. The predicted octanol–water partition coefficient (Wildman–Crippen LogP) is 2.19. The number of pyridine rings is 1. The van der Waals surface area contributed by atoms with Crippen molar-refractivity contribution < 1.29 is 4.74 Å². The molecular weight excluding hydrogens is 202 g/mol. The molecule has 86 valence electrons. The second-order valence-corrected chi connectivity index (χ2v) is 3.77. The van der Waals surface area contributed by atoms with E-state index < -0.39 is 0 Å². The van der Waals surface area contributed by atoms with Gasteiger partial charge < -0.3 is 10.5 Å². The number of ether oxygens (including phenoxy) is 1. The third-order valence-corrected chi connectivity index (χ3v) is 2.71. The minimum Gasteiger partial charge on any atom is -0.475 e. The first kappa shape index (κ1) is 10.8. The zero-order valence-electron chi connectivity index (χ0n) is 9.95. The number of nitrogens with zero attached hydrogens (tertiary/aromatic N) is 2. The van der Waals surface area contributed by atoms with E-state index in [0.717, 1.165) is 17.6 Å². The first-order valence-corrected chi connectivity index (χ1v) is 5.58. The Morgan fingerprint density at radius 2 is 2.12 bits per heavy atom. The molecule has 2 rings (SSSR count). The van der Waals surface area contributed by atoms with E-state index in [9.17, 15) is 0 Å². The second kappa shape index (κ2) is 4.04. The van der Waals surface area contributed by atoms with Crippen LogP contribution >= 0.6 is 0 Å². The maximum atomic E-state index is 6.06. The van der Waals surface area contributed by atoms with E-state index in [1.807, 2.05) is 24.4 Å². The number of hydrogen-bond donors (Lipinski definition) is 1. The number of aromatic nitrogens is 2. The lowest BCUT2D eigenvalue weighted by molar-refractivity contribution is 0.326. The maximum absolute atomic E-state index is 6.06. The van der Waals surface area contributed by atoms with Crippen molar-refractivity contribution >= 4 is 11.2 Å². The zero-order chi connectivity index (χ0) is 11.7. The summed E-state index contributed by atoms with van der Waals surface area (Å²) >= 11 is 0. The van der Waals surface area contributed by atoms with Gasteiger partial charge >= 0.3 is 0 Å². The Kier molecular flexibility index (Phi) is 2.73. The van der Waals surface area contributed by atoms with Gasteiger partial charge in [0.25, 0.3) is 5.88 Å². The van der Waals surface area contributed by atoms with E-state index in [0.29, 0.717) is 18.2 Å². The van der Waals surface area contributed by atoms with E-state index >= 15 is 0 Å². The summed E-state index contributed by atoms with van der Waals surface area (Å²) in [7, 11) is 0. The van der Waals surface area contributed by atoms with Gasteiger partial charge in [0.05, 0.1) is 12.1 Å². The third-order valence-electron chi connectivity index (χ3n) is 2.71. The molecule has 4 heteroatoms. The Morgan fingerprint density at radius 1 is 1.38 bits per heavy atom. The molecule has 0 spiro atoms. The normalized spacial score (nSPS) is 10.9. The molecule has 0 fully saturated rings. The minimum atomic E-state index is 0.534. The van der Waals surface area contributed by atoms with Gasteiger partial charge in [0.1, 0.15) is 5.69 Å². The molecular formula is C12H17N3O. The number of hydrogen-bond acceptors (Lipinski definition) is 3. The first-order valence-electron chi connectivity index (χ1n) is 5.58. The van der Waals surface area contributed by atoms with Gasteiger partial charge in [-0.1, -0.05) is 13.0 Å². The highest BCUT2D eigenvalue weighted by Crippen LogP contribution is 2.29. The Balaban J connectivity index is 2.73. The van der Waals surface area contributed by atoms with E-state index in [1.54, 1.807) is 0 Å². The molecule has 0 aliphatic rings. The average molecular weight is 219 g/mol. The molecule has 0 saturated carbocycles. The Morgan fingerprint density at radius 3 is 2.75 bits per heavy atom. The number of fused-ring (bicyclic) bond motifs is 1. The van der Waals surface area contributed by atoms with Crippen LogP contribution in [-0.4, -0.2) is 16.2 Å². The molecule has 0 atom stereocenters. The molecule has 0 saturated heterocycles. The van der Waals surface area contributed by atoms with Gasteiger partial charge in [-0.25, -0.2) is 4.52 Å². The molecule has 0 radical (unpaired) electrons. The van der Waals surface area contributed by atoms with Crippen molar-refractivity contribution in [2.24, 2.45) is 0 Å². The lowest BCUT2D eigenvalue weighted by Crippen LogP contribution is -1.97. The van der Waals surface area contributed by atoms with Crippen LogP contribution in [0.3, 0.4) is 0 Å². The highest BCUT2D eigenvalue weighted by Gasteiger charge is 2.14. The summed E-state index contributed by atoms with van der Waals surface area (Å²) in [5.74, 6) is 0.534. The largest absolute Gasteiger partial charge is 0.475 e. The van der Waals surface area contributed by atoms with Gasteiger partial charge in [0, 0.05) is 5.69 Å². The highest BCUT2D eigenvalue weighted by molar-refractivity contribution is 5.78. The van der Waals surface area contributed by atoms with E-state index in [1.165, 1.54) is 5.56 Å². The molecule has 2 aromatic rings. The van der Waals surface area contributed by atoms with Crippen LogP contribution in [0.2, 0.25) is 0 Å². The monoisotopic (exact) mass is 219 g/mol. The zero-order valence-corrected chi connectivity index (χ0v) is 9.95. The summed E-state index contributed by atoms with van der Waals surface area (Å²) < 4.78 is 7.28. The minimum absolute atomic E-state index is 0.534. The second-order valence-electron chi connectivity index (χ2n) is 3.77. The Hall–Kier alpha value is -1.71. The lowest BCUT2D eigenvalue weighted by Gasteiger charge is -2.03. The van der Waals surface area contributed by atoms with E-state index in [-0.39, 0.29) is 0 Å². The predicted molar refractivity (Wildman–Crippen MR) is 64.9 cm³/mol. The molecule has 0 amide bonds. The van der Waals surface area contributed by atoms with Crippen molar-refractivity contribution in [3.8, 4) is 5.88 Å². The molecule has 2 aromatic heterocycles. The van der Waals surface area contributed by atoms with E-state index in [4.69, 9.17) is 10.5 Å². The van der Waals surface area contributed by atoms with Crippen LogP contribution in [0.4, 0.5) is 5.69 Å². The summed E-state index contributed by atoms with van der Waals surface area (Å²) in [5, 5.41) is 4.38. The number of anilines is 1. The van der Waals surface area contributed by atoms with Crippen LogP contribution < -0.4 is 10.5 Å². The fourth-order valence-corrected chi connectivity index (χ4v) is 1.87. The first-order chi connectivity index (χ1) is 7.69. The SMILES string of the molecule is CCOc1nn2c(C)ccc(CC)c2c1N. The van der Waals surface area contributed by atoms with Crippen LogP contribution in [-0.2, 0) is 6.42 Å². The van der Waals surface area contributed by atoms with Crippen LogP contribution in [0, 0.1) is 6.92 Å². The summed E-state index contributed by atoms with van der Waals surface area (Å²) in [6.07, 6.45) is 0.936. The van der Waals surface area contributed by atoms with Gasteiger partial charge in [-0.3, -0.25) is 0 Å². The standard InChI is InChI=1S/C12H17N3O/c1-4-9-7-6-8(3)15-11(9)10(13)12(14-15)16-5-2/h6-7H,4-5,13H2,1-3H3. The van der Waals surface area contributed by atoms with Crippen molar-refractivity contribution in [3.05, 3.63) is 23.4 Å². The van der Waals surface area contributed by atoms with Gasteiger partial charge in [-0.05, 0) is 31.9 Å². The van der Waals surface area contributed by atoms with Gasteiger partial charge in [-0.15, -0.1) is 5.10 Å². The van der Waals surface area contributed by atoms with Crippen LogP contribution in [0.1, 0.15) is 25.1 Å². The molecule has 0 unspecified atom stereocenters. The van der Waals surface area contributed by atoms with Gasteiger partial charge in [-0.2, -0.15) is 0 Å². The van der Waals surface area contributed by atoms with Crippen molar-refractivity contribution in [2.75, 3.05) is 12.3 Å². The van der Waals surface area contributed by atoms with Crippen LogP contribution in [0.25, 0.3) is 5.52 Å². The molecule has 16 heavy (non-hydrogen) atoms. The summed E-state index contributed by atoms with van der Waals surface area (Å²) in [6.45, 7) is 6.62. The Labute approximate surface area is 95.0 Å². The summed E-state index contributed by atoms with van der Waals surface area (Å²) in [5.41, 5.74) is 9.94.